The Morgan fingerprint density at radius 3 is 2.72 bits per heavy atom. The van der Waals surface area contributed by atoms with Crippen LogP contribution in [-0.2, 0) is 9.84 Å². The van der Waals surface area contributed by atoms with E-state index in [4.69, 9.17) is 0 Å². The van der Waals surface area contributed by atoms with Crippen LogP contribution in [0, 0.1) is 15.9 Å². The van der Waals surface area contributed by atoms with Crippen LogP contribution in [0.4, 0.5) is 15.8 Å². The van der Waals surface area contributed by atoms with Gasteiger partial charge in [-0.25, -0.2) is 12.8 Å². The quantitative estimate of drug-likeness (QED) is 0.663. The Hall–Kier alpha value is -1.70. The van der Waals surface area contributed by atoms with Gasteiger partial charge in [-0.3, -0.25) is 10.1 Å². The van der Waals surface area contributed by atoms with Gasteiger partial charge in [-0.05, 0) is 12.5 Å². The second kappa shape index (κ2) is 4.52. The zero-order valence-electron chi connectivity index (χ0n) is 9.30. The molecule has 1 atom stereocenters. The largest absolute Gasteiger partial charge is 0.373 e. The lowest BCUT2D eigenvalue weighted by atomic mass is 10.2. The lowest BCUT2D eigenvalue weighted by Crippen LogP contribution is -2.21. The Labute approximate surface area is 103 Å². The van der Waals surface area contributed by atoms with Crippen LogP contribution in [0.5, 0.6) is 0 Å². The molecule has 98 valence electrons. The van der Waals surface area contributed by atoms with Gasteiger partial charge in [0.15, 0.2) is 15.7 Å². The molecule has 1 saturated heterocycles. The molecule has 0 bridgehead atoms. The molecule has 1 heterocycles. The van der Waals surface area contributed by atoms with Crippen molar-refractivity contribution in [3.8, 4) is 0 Å². The first-order valence-corrected chi connectivity index (χ1v) is 7.11. The second-order valence-electron chi connectivity index (χ2n) is 4.14. The molecule has 8 heteroatoms. The summed E-state index contributed by atoms with van der Waals surface area (Å²) in [5.74, 6) is -0.862. The van der Waals surface area contributed by atoms with Gasteiger partial charge in [-0.2, -0.15) is 0 Å². The van der Waals surface area contributed by atoms with Crippen molar-refractivity contribution in [1.82, 2.24) is 0 Å². The Bertz CT molecular complexity index is 588. The maximum atomic E-state index is 13.5. The number of nitrogens with zero attached hydrogens (tertiary/aromatic N) is 1. The maximum Gasteiger partial charge on any atom is 0.295 e. The minimum absolute atomic E-state index is 0.0208. The molecule has 1 N–H and O–H groups in total. The number of hydrogen-bond donors (Lipinski definition) is 1. The third-order valence-electron chi connectivity index (χ3n) is 2.77. The molecule has 1 aromatic rings. The van der Waals surface area contributed by atoms with E-state index in [-0.39, 0.29) is 22.9 Å². The summed E-state index contributed by atoms with van der Waals surface area (Å²) < 4.78 is 36.1. The minimum atomic E-state index is -3.12. The van der Waals surface area contributed by atoms with Crippen LogP contribution < -0.4 is 5.32 Å². The highest BCUT2D eigenvalue weighted by atomic mass is 32.2. The van der Waals surface area contributed by atoms with E-state index in [2.05, 4.69) is 5.32 Å². The number of sulfone groups is 1. The molecule has 0 radical (unpaired) electrons. The second-order valence-corrected chi connectivity index (χ2v) is 6.36. The van der Waals surface area contributed by atoms with Crippen molar-refractivity contribution in [2.75, 3.05) is 16.8 Å². The van der Waals surface area contributed by atoms with E-state index in [9.17, 15) is 22.9 Å². The Morgan fingerprint density at radius 1 is 1.44 bits per heavy atom. The van der Waals surface area contributed by atoms with Gasteiger partial charge in [-0.15, -0.1) is 0 Å². The number of nitrogens with one attached hydrogen (secondary N) is 1. The molecule has 18 heavy (non-hydrogen) atoms. The molecule has 1 aliphatic rings. The highest BCUT2D eigenvalue weighted by Gasteiger charge is 2.30. The molecule has 0 aromatic heterocycles. The van der Waals surface area contributed by atoms with Crippen molar-refractivity contribution >= 4 is 21.2 Å². The minimum Gasteiger partial charge on any atom is -0.373 e. The SMILES string of the molecule is O=[N+]([O-])c1cccc(F)c1NC1CCS(=O)(=O)C1. The van der Waals surface area contributed by atoms with Gasteiger partial charge in [0.05, 0.1) is 16.4 Å². The van der Waals surface area contributed by atoms with Crippen LogP contribution in [0.3, 0.4) is 0 Å². The predicted molar refractivity (Wildman–Crippen MR) is 63.7 cm³/mol. The zero-order chi connectivity index (χ0) is 13.3. The highest BCUT2D eigenvalue weighted by molar-refractivity contribution is 7.91. The average molecular weight is 274 g/mol. The lowest BCUT2D eigenvalue weighted by Gasteiger charge is -2.12. The third kappa shape index (κ3) is 2.58. The van der Waals surface area contributed by atoms with E-state index >= 15 is 0 Å². The first-order valence-electron chi connectivity index (χ1n) is 5.29. The van der Waals surface area contributed by atoms with Crippen LogP contribution in [0.25, 0.3) is 0 Å². The van der Waals surface area contributed by atoms with Gasteiger partial charge in [0.1, 0.15) is 5.69 Å². The number of halogens is 1. The Kier molecular flexibility index (Phi) is 3.20. The molecule has 1 aromatic carbocycles. The van der Waals surface area contributed by atoms with Gasteiger partial charge in [0.25, 0.3) is 5.69 Å². The van der Waals surface area contributed by atoms with Crippen LogP contribution in [-0.4, -0.2) is 30.9 Å². The summed E-state index contributed by atoms with van der Waals surface area (Å²) in [6, 6.07) is 3.03. The van der Waals surface area contributed by atoms with Crippen molar-refractivity contribution in [2.45, 2.75) is 12.5 Å². The highest BCUT2D eigenvalue weighted by Crippen LogP contribution is 2.29. The number of rotatable bonds is 3. The Morgan fingerprint density at radius 2 is 2.17 bits per heavy atom. The molecule has 0 spiro atoms. The maximum absolute atomic E-state index is 13.5. The molecule has 0 saturated carbocycles. The van der Waals surface area contributed by atoms with Gasteiger partial charge in [-0.1, -0.05) is 6.07 Å². The molecular formula is C10H11FN2O4S. The number of nitro groups is 1. The van der Waals surface area contributed by atoms with E-state index in [0.29, 0.717) is 6.42 Å². The number of nitro benzene ring substituents is 1. The average Bonchev–Trinajstić information content (AvgIpc) is 2.61. The monoisotopic (exact) mass is 274 g/mol. The van der Waals surface area contributed by atoms with Crippen molar-refractivity contribution in [1.29, 1.82) is 0 Å². The fourth-order valence-electron chi connectivity index (χ4n) is 1.92. The number of benzene rings is 1. The normalized spacial score (nSPS) is 21.7. The van der Waals surface area contributed by atoms with E-state index < -0.39 is 26.6 Å². The van der Waals surface area contributed by atoms with Gasteiger partial charge < -0.3 is 5.32 Å². The first-order chi connectivity index (χ1) is 8.39. The first kappa shape index (κ1) is 12.7. The smallest absolute Gasteiger partial charge is 0.295 e. The van der Waals surface area contributed by atoms with Crippen molar-refractivity contribution in [3.63, 3.8) is 0 Å². The molecular weight excluding hydrogens is 263 g/mol. The molecule has 1 aliphatic heterocycles. The molecule has 6 nitrogen and oxygen atoms in total. The summed E-state index contributed by atoms with van der Waals surface area (Å²) in [6.45, 7) is 0. The van der Waals surface area contributed by atoms with Crippen LogP contribution in [0.2, 0.25) is 0 Å². The van der Waals surface area contributed by atoms with Crippen molar-refractivity contribution < 1.29 is 17.7 Å². The lowest BCUT2D eigenvalue weighted by molar-refractivity contribution is -0.384. The number of hydrogen-bond acceptors (Lipinski definition) is 5. The van der Waals surface area contributed by atoms with Gasteiger partial charge in [0.2, 0.25) is 0 Å². The van der Waals surface area contributed by atoms with E-state index in [1.54, 1.807) is 0 Å². The van der Waals surface area contributed by atoms with Crippen LogP contribution in [0.15, 0.2) is 18.2 Å². The molecule has 1 fully saturated rings. The fraction of sp³-hybridized carbons (Fsp3) is 0.400. The fourth-order valence-corrected chi connectivity index (χ4v) is 3.59. The summed E-state index contributed by atoms with van der Waals surface area (Å²) in [7, 11) is -3.12. The summed E-state index contributed by atoms with van der Waals surface area (Å²) in [4.78, 5) is 10.1. The molecule has 2 rings (SSSR count). The molecule has 0 aliphatic carbocycles. The number of anilines is 1. The van der Waals surface area contributed by atoms with Gasteiger partial charge in [0, 0.05) is 12.1 Å². The molecule has 1 unspecified atom stereocenters. The summed E-state index contributed by atoms with van der Waals surface area (Å²) in [5.41, 5.74) is -0.635. The Balaban J connectivity index is 2.27. The number of para-hydroxylation sites is 1. The summed E-state index contributed by atoms with van der Waals surface area (Å²) >= 11 is 0. The van der Waals surface area contributed by atoms with Crippen molar-refractivity contribution in [3.05, 3.63) is 34.1 Å². The van der Waals surface area contributed by atoms with Crippen molar-refractivity contribution in [2.24, 2.45) is 0 Å². The predicted octanol–water partition coefficient (Wildman–Crippen LogP) is 1.33. The van der Waals surface area contributed by atoms with Gasteiger partial charge >= 0.3 is 0 Å². The standard InChI is InChI=1S/C10H11FN2O4S/c11-8-2-1-3-9(13(14)15)10(8)12-7-4-5-18(16,17)6-7/h1-3,7,12H,4-6H2. The summed E-state index contributed by atoms with van der Waals surface area (Å²) in [6.07, 6.45) is 0.327. The third-order valence-corrected chi connectivity index (χ3v) is 4.54. The molecule has 0 amide bonds. The van der Waals surface area contributed by atoms with Crippen LogP contribution >= 0.6 is 0 Å². The zero-order valence-corrected chi connectivity index (χ0v) is 10.1. The van der Waals surface area contributed by atoms with Crippen LogP contribution in [0.1, 0.15) is 6.42 Å². The van der Waals surface area contributed by atoms with E-state index in [1.165, 1.54) is 12.1 Å². The van der Waals surface area contributed by atoms with E-state index in [0.717, 1.165) is 6.07 Å². The summed E-state index contributed by atoms with van der Waals surface area (Å²) in [5, 5.41) is 13.4. The van der Waals surface area contributed by atoms with E-state index in [1.807, 2.05) is 0 Å². The topological polar surface area (TPSA) is 89.3 Å².